The van der Waals surface area contributed by atoms with E-state index in [1.165, 1.54) is 0 Å². The van der Waals surface area contributed by atoms with Crippen LogP contribution < -0.4 is 10.2 Å². The van der Waals surface area contributed by atoms with Crippen molar-refractivity contribution >= 4 is 35.2 Å². The summed E-state index contributed by atoms with van der Waals surface area (Å²) in [5, 5.41) is 13.6. The number of phenols is 1. The number of nitrogens with one attached hydrogen (secondary N) is 1. The zero-order chi connectivity index (χ0) is 21.5. The molecular weight excluding hydrogens is 420 g/mol. The van der Waals surface area contributed by atoms with Gasteiger partial charge in [0.15, 0.2) is 11.5 Å². The highest BCUT2D eigenvalue weighted by molar-refractivity contribution is 6.32. The van der Waals surface area contributed by atoms with Gasteiger partial charge in [-0.15, -0.1) is 0 Å². The standard InChI is InChI=1S/C21H25ClN6O3/c1-2-26-19(30)17-18(27-8-7-23-21(26)27)25-20(24-14-5-9-31-10-6-14)28(17)12-13-3-4-16(29)15(22)11-13/h3-4,11,14,29H,2,5-10,12H2,1H3,(H,24,25). The Balaban J connectivity index is 1.59. The lowest BCUT2D eigenvalue weighted by Gasteiger charge is -2.32. The molecule has 5 rings (SSSR count). The highest BCUT2D eigenvalue weighted by Gasteiger charge is 2.41. The zero-order valence-corrected chi connectivity index (χ0v) is 18.1. The van der Waals surface area contributed by atoms with Gasteiger partial charge in [0.2, 0.25) is 11.9 Å². The number of imidazole rings is 1. The van der Waals surface area contributed by atoms with Crippen molar-refractivity contribution in [3.8, 4) is 5.75 Å². The number of carbonyl (C=O) groups is 1. The predicted octanol–water partition coefficient (Wildman–Crippen LogP) is 2.53. The number of benzene rings is 1. The van der Waals surface area contributed by atoms with E-state index in [0.29, 0.717) is 62.8 Å². The van der Waals surface area contributed by atoms with E-state index in [9.17, 15) is 9.90 Å². The Bertz CT molecular complexity index is 1050. The first-order chi connectivity index (χ1) is 15.1. The summed E-state index contributed by atoms with van der Waals surface area (Å²) < 4.78 is 7.41. The molecule has 2 aromatic rings. The molecule has 0 radical (unpaired) electrons. The maximum Gasteiger partial charge on any atom is 0.281 e. The molecule has 0 bridgehead atoms. The van der Waals surface area contributed by atoms with Crippen molar-refractivity contribution in [3.63, 3.8) is 0 Å². The molecular formula is C21H25ClN6O3. The van der Waals surface area contributed by atoms with Crippen molar-refractivity contribution in [2.24, 2.45) is 4.99 Å². The Kier molecular flexibility index (Phi) is 5.23. The molecule has 2 N–H and O–H groups in total. The Hall–Kier alpha value is -2.78. The minimum atomic E-state index is -0.105. The summed E-state index contributed by atoms with van der Waals surface area (Å²) in [6, 6.07) is 5.32. The maximum atomic E-state index is 13.5. The van der Waals surface area contributed by atoms with Gasteiger partial charge in [-0.25, -0.2) is 0 Å². The van der Waals surface area contributed by atoms with Crippen LogP contribution in [0.25, 0.3) is 0 Å². The van der Waals surface area contributed by atoms with Crippen molar-refractivity contribution in [1.82, 2.24) is 14.5 Å². The van der Waals surface area contributed by atoms with Gasteiger partial charge >= 0.3 is 0 Å². The number of amides is 1. The minimum absolute atomic E-state index is 0.0322. The number of aromatic hydroxyl groups is 1. The molecule has 3 aliphatic heterocycles. The minimum Gasteiger partial charge on any atom is -0.506 e. The fourth-order valence-corrected chi connectivity index (χ4v) is 4.53. The van der Waals surface area contributed by atoms with Crippen LogP contribution in [0.15, 0.2) is 23.2 Å². The highest BCUT2D eigenvalue weighted by Crippen LogP contribution is 2.34. The number of rotatable bonds is 5. The second-order valence-corrected chi connectivity index (χ2v) is 8.30. The second-order valence-electron chi connectivity index (χ2n) is 7.89. The third-order valence-corrected chi connectivity index (χ3v) is 6.24. The van der Waals surface area contributed by atoms with E-state index in [4.69, 9.17) is 21.3 Å². The summed E-state index contributed by atoms with van der Waals surface area (Å²) >= 11 is 6.14. The molecule has 1 aromatic heterocycles. The van der Waals surface area contributed by atoms with Gasteiger partial charge in [0.1, 0.15) is 5.75 Å². The Labute approximate surface area is 185 Å². The Morgan fingerprint density at radius 3 is 2.87 bits per heavy atom. The van der Waals surface area contributed by atoms with E-state index in [1.54, 1.807) is 23.1 Å². The van der Waals surface area contributed by atoms with Gasteiger partial charge in [-0.05, 0) is 37.5 Å². The molecule has 4 heterocycles. The average molecular weight is 445 g/mol. The lowest BCUT2D eigenvalue weighted by Crippen LogP contribution is -2.50. The normalized spacial score (nSPS) is 18.8. The van der Waals surface area contributed by atoms with E-state index in [-0.39, 0.29) is 22.7 Å². The van der Waals surface area contributed by atoms with Crippen LogP contribution in [0.1, 0.15) is 35.8 Å². The zero-order valence-electron chi connectivity index (χ0n) is 17.3. The lowest BCUT2D eigenvalue weighted by molar-refractivity contribution is 0.0835. The molecule has 1 amide bonds. The van der Waals surface area contributed by atoms with Crippen molar-refractivity contribution in [2.45, 2.75) is 32.4 Å². The van der Waals surface area contributed by atoms with Gasteiger partial charge in [0.25, 0.3) is 5.91 Å². The number of halogens is 1. The number of fused-ring (bicyclic) bond motifs is 3. The SMILES string of the molecule is CCN1C(=O)c2c(nc(NC3CCOCC3)n2Cc2ccc(O)c(Cl)c2)N2CCN=C12. The number of phenolic OH excluding ortho intramolecular Hbond substituents is 1. The lowest BCUT2D eigenvalue weighted by atomic mass is 10.1. The van der Waals surface area contributed by atoms with Gasteiger partial charge in [0.05, 0.1) is 18.1 Å². The van der Waals surface area contributed by atoms with Crippen molar-refractivity contribution < 1.29 is 14.6 Å². The molecule has 9 nitrogen and oxygen atoms in total. The quantitative estimate of drug-likeness (QED) is 0.735. The summed E-state index contributed by atoms with van der Waals surface area (Å²) in [5.41, 5.74) is 1.41. The molecule has 31 heavy (non-hydrogen) atoms. The molecule has 0 atom stereocenters. The van der Waals surface area contributed by atoms with Crippen LogP contribution >= 0.6 is 11.6 Å². The van der Waals surface area contributed by atoms with Crippen LogP contribution in [0.4, 0.5) is 11.8 Å². The first kappa shape index (κ1) is 20.1. The Morgan fingerprint density at radius 2 is 2.13 bits per heavy atom. The average Bonchev–Trinajstić information content (AvgIpc) is 3.38. The molecule has 3 aliphatic rings. The largest absolute Gasteiger partial charge is 0.506 e. The number of nitrogens with zero attached hydrogens (tertiary/aromatic N) is 5. The third-order valence-electron chi connectivity index (χ3n) is 5.94. The molecule has 1 aromatic carbocycles. The topological polar surface area (TPSA) is 95.2 Å². The molecule has 0 aliphatic carbocycles. The van der Waals surface area contributed by atoms with Crippen LogP contribution in [0.3, 0.4) is 0 Å². The van der Waals surface area contributed by atoms with E-state index < -0.39 is 0 Å². The molecule has 1 fully saturated rings. The Morgan fingerprint density at radius 1 is 1.32 bits per heavy atom. The predicted molar refractivity (Wildman–Crippen MR) is 118 cm³/mol. The summed E-state index contributed by atoms with van der Waals surface area (Å²) in [6.45, 7) is 5.63. The summed E-state index contributed by atoms with van der Waals surface area (Å²) in [7, 11) is 0. The smallest absolute Gasteiger partial charge is 0.281 e. The highest BCUT2D eigenvalue weighted by atomic mass is 35.5. The summed E-state index contributed by atoms with van der Waals surface area (Å²) in [4.78, 5) is 26.6. The van der Waals surface area contributed by atoms with E-state index >= 15 is 0 Å². The van der Waals surface area contributed by atoms with Gasteiger partial charge in [0, 0.05) is 32.3 Å². The van der Waals surface area contributed by atoms with Crippen molar-refractivity contribution in [1.29, 1.82) is 0 Å². The first-order valence-electron chi connectivity index (χ1n) is 10.6. The van der Waals surface area contributed by atoms with Crippen molar-refractivity contribution in [3.05, 3.63) is 34.5 Å². The fraction of sp³-hybridized carbons (Fsp3) is 0.476. The van der Waals surface area contributed by atoms with Crippen LogP contribution in [-0.2, 0) is 11.3 Å². The molecule has 1 saturated heterocycles. The summed E-state index contributed by atoms with van der Waals surface area (Å²) in [5.74, 6) is 1.90. The number of hydrogen-bond donors (Lipinski definition) is 2. The number of guanidine groups is 1. The fourth-order valence-electron chi connectivity index (χ4n) is 4.33. The maximum absolute atomic E-state index is 13.5. The van der Waals surface area contributed by atoms with Gasteiger partial charge in [-0.1, -0.05) is 17.7 Å². The molecule has 10 heteroatoms. The second kappa shape index (κ2) is 8.05. The summed E-state index contributed by atoms with van der Waals surface area (Å²) in [6.07, 6.45) is 1.77. The number of aromatic nitrogens is 2. The number of hydrogen-bond acceptors (Lipinski definition) is 7. The molecule has 0 unspecified atom stereocenters. The third kappa shape index (κ3) is 3.51. The van der Waals surface area contributed by atoms with Gasteiger partial charge in [-0.2, -0.15) is 4.98 Å². The van der Waals surface area contributed by atoms with Crippen molar-refractivity contribution in [2.75, 3.05) is 43.1 Å². The molecule has 0 spiro atoms. The van der Waals surface area contributed by atoms with Crippen LogP contribution in [0, 0.1) is 0 Å². The number of carbonyl (C=O) groups excluding carboxylic acids is 1. The number of anilines is 2. The first-order valence-corrected chi connectivity index (χ1v) is 11.0. The van der Waals surface area contributed by atoms with Gasteiger partial charge in [-0.3, -0.25) is 24.2 Å². The number of ether oxygens (including phenoxy) is 1. The molecule has 0 saturated carbocycles. The number of aliphatic imine (C=N–C) groups is 1. The van der Waals surface area contributed by atoms with E-state index in [1.807, 2.05) is 16.4 Å². The van der Waals surface area contributed by atoms with Crippen LogP contribution in [-0.4, -0.2) is 70.3 Å². The van der Waals surface area contributed by atoms with Crippen LogP contribution in [0.5, 0.6) is 5.75 Å². The van der Waals surface area contributed by atoms with E-state index in [2.05, 4.69) is 10.3 Å². The van der Waals surface area contributed by atoms with Crippen LogP contribution in [0.2, 0.25) is 5.02 Å². The monoisotopic (exact) mass is 444 g/mol. The van der Waals surface area contributed by atoms with Gasteiger partial charge < -0.3 is 15.2 Å². The molecule has 164 valence electrons. The van der Waals surface area contributed by atoms with E-state index in [0.717, 1.165) is 18.4 Å².